The second kappa shape index (κ2) is 7.73. The van der Waals surface area contributed by atoms with E-state index >= 15 is 0 Å². The second-order valence-corrected chi connectivity index (χ2v) is 6.84. The predicted octanol–water partition coefficient (Wildman–Crippen LogP) is 2.66. The maximum atomic E-state index is 13.1. The van der Waals surface area contributed by atoms with Crippen molar-refractivity contribution in [1.82, 2.24) is 15.2 Å². The zero-order valence-corrected chi connectivity index (χ0v) is 15.4. The van der Waals surface area contributed by atoms with Crippen molar-refractivity contribution >= 4 is 17.9 Å². The zero-order valence-electron chi connectivity index (χ0n) is 15.4. The third-order valence-electron chi connectivity index (χ3n) is 5.24. The SMILES string of the molecule is COc1ccc(N2CCC(C(=O)N3N=CCC3c3ccccc3)CC2)nn1. The van der Waals surface area contributed by atoms with E-state index in [1.165, 1.54) is 0 Å². The van der Waals surface area contributed by atoms with Gasteiger partial charge in [0.1, 0.15) is 0 Å². The van der Waals surface area contributed by atoms with Crippen LogP contribution in [-0.4, -0.2) is 47.5 Å². The largest absolute Gasteiger partial charge is 0.480 e. The quantitative estimate of drug-likeness (QED) is 0.833. The number of nitrogens with zero attached hydrogens (tertiary/aromatic N) is 5. The molecule has 1 amide bonds. The molecule has 27 heavy (non-hydrogen) atoms. The van der Waals surface area contributed by atoms with Crippen molar-refractivity contribution in [2.45, 2.75) is 25.3 Å². The van der Waals surface area contributed by atoms with Crippen LogP contribution in [0, 0.1) is 5.92 Å². The number of amides is 1. The summed E-state index contributed by atoms with van der Waals surface area (Å²) in [5.41, 5.74) is 1.13. The highest BCUT2D eigenvalue weighted by molar-refractivity contribution is 5.82. The fourth-order valence-electron chi connectivity index (χ4n) is 3.71. The standard InChI is InChI=1S/C20H23N5O2/c1-27-19-8-7-18(22-23-19)24-13-10-16(11-14-24)20(26)25-17(9-12-21-25)15-5-3-2-4-6-15/h2-8,12,16-17H,9-11,13-14H2,1H3. The van der Waals surface area contributed by atoms with Gasteiger partial charge in [0.05, 0.1) is 13.2 Å². The highest BCUT2D eigenvalue weighted by atomic mass is 16.5. The monoisotopic (exact) mass is 365 g/mol. The highest BCUT2D eigenvalue weighted by Crippen LogP contribution is 2.32. The highest BCUT2D eigenvalue weighted by Gasteiger charge is 2.34. The number of hydrogen-bond donors (Lipinski definition) is 0. The molecule has 2 aliphatic rings. The van der Waals surface area contributed by atoms with E-state index in [2.05, 4.69) is 32.3 Å². The number of hydrogen-bond acceptors (Lipinski definition) is 6. The minimum atomic E-state index is -0.00563. The lowest BCUT2D eigenvalue weighted by Crippen LogP contribution is -2.41. The van der Waals surface area contributed by atoms with Crippen LogP contribution in [0.15, 0.2) is 47.6 Å². The number of methoxy groups -OCH3 is 1. The van der Waals surface area contributed by atoms with Crippen LogP contribution in [0.25, 0.3) is 0 Å². The number of hydrazone groups is 1. The van der Waals surface area contributed by atoms with Gasteiger partial charge in [-0.3, -0.25) is 4.79 Å². The third kappa shape index (κ3) is 3.63. The molecule has 7 heteroatoms. The first kappa shape index (κ1) is 17.5. The van der Waals surface area contributed by atoms with Gasteiger partial charge in [-0.15, -0.1) is 10.2 Å². The van der Waals surface area contributed by atoms with E-state index in [1.807, 2.05) is 36.5 Å². The van der Waals surface area contributed by atoms with Crippen molar-refractivity contribution < 1.29 is 9.53 Å². The maximum Gasteiger partial charge on any atom is 0.246 e. The van der Waals surface area contributed by atoms with E-state index in [4.69, 9.17) is 4.74 Å². The Morgan fingerprint density at radius 3 is 2.52 bits per heavy atom. The maximum absolute atomic E-state index is 13.1. The van der Waals surface area contributed by atoms with E-state index in [9.17, 15) is 4.79 Å². The van der Waals surface area contributed by atoms with Gasteiger partial charge in [0, 0.05) is 37.7 Å². The van der Waals surface area contributed by atoms with E-state index < -0.39 is 0 Å². The van der Waals surface area contributed by atoms with Crippen LogP contribution in [0.5, 0.6) is 5.88 Å². The summed E-state index contributed by atoms with van der Waals surface area (Å²) in [6.07, 6.45) is 4.20. The van der Waals surface area contributed by atoms with Crippen LogP contribution in [0.4, 0.5) is 5.82 Å². The lowest BCUT2D eigenvalue weighted by atomic mass is 9.94. The van der Waals surface area contributed by atoms with Gasteiger partial charge in [-0.25, -0.2) is 5.01 Å². The number of rotatable bonds is 4. The molecule has 1 aromatic heterocycles. The molecule has 7 nitrogen and oxygen atoms in total. The third-order valence-corrected chi connectivity index (χ3v) is 5.24. The number of carbonyl (C=O) groups is 1. The summed E-state index contributed by atoms with van der Waals surface area (Å²) in [5.74, 6) is 1.44. The minimum Gasteiger partial charge on any atom is -0.480 e. The topological polar surface area (TPSA) is 70.9 Å². The van der Waals surface area contributed by atoms with Gasteiger partial charge in [0.25, 0.3) is 0 Å². The summed E-state index contributed by atoms with van der Waals surface area (Å²) in [6.45, 7) is 1.57. The predicted molar refractivity (Wildman–Crippen MR) is 103 cm³/mol. The molecule has 2 aromatic rings. The van der Waals surface area contributed by atoms with Crippen LogP contribution in [0.3, 0.4) is 0 Å². The van der Waals surface area contributed by atoms with Crippen molar-refractivity contribution in [2.24, 2.45) is 11.0 Å². The van der Waals surface area contributed by atoms with E-state index in [-0.39, 0.29) is 17.9 Å². The Hall–Kier alpha value is -2.96. The number of piperidine rings is 1. The molecule has 2 aliphatic heterocycles. The summed E-state index contributed by atoms with van der Waals surface area (Å²) in [6, 6.07) is 13.9. The normalized spacial score (nSPS) is 20.1. The van der Waals surface area contributed by atoms with E-state index in [1.54, 1.807) is 12.1 Å². The Kier molecular flexibility index (Phi) is 5.00. The summed E-state index contributed by atoms with van der Waals surface area (Å²) in [4.78, 5) is 15.2. The Labute approximate surface area is 158 Å². The van der Waals surface area contributed by atoms with Crippen LogP contribution in [0.2, 0.25) is 0 Å². The van der Waals surface area contributed by atoms with Crippen LogP contribution in [0.1, 0.15) is 30.9 Å². The molecule has 3 heterocycles. The van der Waals surface area contributed by atoms with Gasteiger partial charge in [-0.2, -0.15) is 5.10 Å². The molecule has 0 aliphatic carbocycles. The van der Waals surface area contributed by atoms with Gasteiger partial charge in [0.15, 0.2) is 5.82 Å². The number of carbonyl (C=O) groups excluding carboxylic acids is 1. The molecule has 1 unspecified atom stereocenters. The Morgan fingerprint density at radius 2 is 1.85 bits per heavy atom. The molecule has 140 valence electrons. The molecular weight excluding hydrogens is 342 g/mol. The average molecular weight is 365 g/mol. The van der Waals surface area contributed by atoms with Gasteiger partial charge < -0.3 is 9.64 Å². The Morgan fingerprint density at radius 1 is 1.07 bits per heavy atom. The lowest BCUT2D eigenvalue weighted by Gasteiger charge is -2.34. The van der Waals surface area contributed by atoms with Crippen LogP contribution < -0.4 is 9.64 Å². The molecule has 1 fully saturated rings. The first-order valence-corrected chi connectivity index (χ1v) is 9.29. The zero-order chi connectivity index (χ0) is 18.6. The molecule has 4 rings (SSSR count). The Balaban J connectivity index is 1.38. The van der Waals surface area contributed by atoms with Crippen molar-refractivity contribution in [3.8, 4) is 5.88 Å². The smallest absolute Gasteiger partial charge is 0.246 e. The fraction of sp³-hybridized carbons (Fsp3) is 0.400. The summed E-state index contributed by atoms with van der Waals surface area (Å²) in [7, 11) is 1.57. The number of anilines is 1. The van der Waals surface area contributed by atoms with Gasteiger partial charge in [0.2, 0.25) is 11.8 Å². The molecule has 0 bridgehead atoms. The van der Waals surface area contributed by atoms with Crippen LogP contribution >= 0.6 is 0 Å². The fourth-order valence-corrected chi connectivity index (χ4v) is 3.71. The van der Waals surface area contributed by atoms with Gasteiger partial charge >= 0.3 is 0 Å². The molecule has 0 saturated carbocycles. The van der Waals surface area contributed by atoms with Crippen molar-refractivity contribution in [3.63, 3.8) is 0 Å². The second-order valence-electron chi connectivity index (χ2n) is 6.84. The van der Waals surface area contributed by atoms with Crippen molar-refractivity contribution in [2.75, 3.05) is 25.1 Å². The molecule has 0 radical (unpaired) electrons. The minimum absolute atomic E-state index is 0.00563. The first-order valence-electron chi connectivity index (χ1n) is 9.29. The lowest BCUT2D eigenvalue weighted by molar-refractivity contribution is -0.138. The molecule has 1 atom stereocenters. The van der Waals surface area contributed by atoms with Crippen LogP contribution in [-0.2, 0) is 4.79 Å². The molecular formula is C20H23N5O2. The van der Waals surface area contributed by atoms with Gasteiger partial charge in [-0.1, -0.05) is 30.3 Å². The van der Waals surface area contributed by atoms with E-state index in [0.29, 0.717) is 5.88 Å². The summed E-state index contributed by atoms with van der Waals surface area (Å²) >= 11 is 0. The van der Waals surface area contributed by atoms with E-state index in [0.717, 1.165) is 43.7 Å². The summed E-state index contributed by atoms with van der Waals surface area (Å²) in [5, 5.41) is 14.3. The number of ether oxygens (including phenoxy) is 1. The van der Waals surface area contributed by atoms with Crippen molar-refractivity contribution in [3.05, 3.63) is 48.0 Å². The van der Waals surface area contributed by atoms with Crippen molar-refractivity contribution in [1.29, 1.82) is 0 Å². The van der Waals surface area contributed by atoms with Gasteiger partial charge in [-0.05, 0) is 24.5 Å². The molecule has 1 saturated heterocycles. The first-order chi connectivity index (χ1) is 13.3. The number of benzene rings is 1. The molecule has 1 aromatic carbocycles. The Bertz CT molecular complexity index is 801. The molecule has 0 spiro atoms. The number of aromatic nitrogens is 2. The summed E-state index contributed by atoms with van der Waals surface area (Å²) < 4.78 is 5.05. The average Bonchev–Trinajstić information content (AvgIpc) is 3.24. The molecule has 0 N–H and O–H groups in total.